The summed E-state index contributed by atoms with van der Waals surface area (Å²) < 4.78 is 0. The third-order valence-corrected chi connectivity index (χ3v) is 3.13. The zero-order valence-electron chi connectivity index (χ0n) is 9.29. The fourth-order valence-electron chi connectivity index (χ4n) is 1.51. The van der Waals surface area contributed by atoms with E-state index in [-0.39, 0.29) is 17.9 Å². The van der Waals surface area contributed by atoms with Gasteiger partial charge in [-0.2, -0.15) is 0 Å². The maximum atomic E-state index is 6.23. The quantitative estimate of drug-likeness (QED) is 0.861. The van der Waals surface area contributed by atoms with Gasteiger partial charge < -0.3 is 5.73 Å². The van der Waals surface area contributed by atoms with Gasteiger partial charge in [0.2, 0.25) is 0 Å². The Labute approximate surface area is 103 Å². The Balaban J connectivity index is 0.00000196. The molecule has 0 aliphatic heterocycles. The summed E-state index contributed by atoms with van der Waals surface area (Å²) in [5, 5.41) is 0.782. The first-order valence-electron chi connectivity index (χ1n) is 5.13. The molecule has 1 rings (SSSR count). The number of rotatable bonds is 4. The van der Waals surface area contributed by atoms with Crippen LogP contribution < -0.4 is 5.73 Å². The van der Waals surface area contributed by atoms with E-state index < -0.39 is 0 Å². The van der Waals surface area contributed by atoms with E-state index in [0.29, 0.717) is 0 Å². The lowest BCUT2D eigenvalue weighted by molar-refractivity contribution is 0.393. The zero-order valence-corrected chi connectivity index (χ0v) is 10.9. The molecule has 0 aromatic heterocycles. The molecule has 0 aliphatic carbocycles. The second-order valence-electron chi connectivity index (χ2n) is 3.87. The van der Waals surface area contributed by atoms with Crippen molar-refractivity contribution in [2.45, 2.75) is 38.6 Å². The van der Waals surface area contributed by atoms with E-state index in [1.165, 1.54) is 5.56 Å². The van der Waals surface area contributed by atoms with E-state index in [1.54, 1.807) is 0 Å². The minimum absolute atomic E-state index is 0. The molecule has 0 heterocycles. The van der Waals surface area contributed by atoms with Crippen molar-refractivity contribution >= 4 is 24.0 Å². The van der Waals surface area contributed by atoms with Gasteiger partial charge >= 0.3 is 0 Å². The molecule has 2 N–H and O–H groups in total. The van der Waals surface area contributed by atoms with Crippen molar-refractivity contribution in [1.29, 1.82) is 0 Å². The van der Waals surface area contributed by atoms with E-state index in [0.717, 1.165) is 24.3 Å². The summed E-state index contributed by atoms with van der Waals surface area (Å²) in [5.41, 5.74) is 7.44. The van der Waals surface area contributed by atoms with Gasteiger partial charge in [-0.25, -0.2) is 0 Å². The molecule has 86 valence electrons. The fourth-order valence-corrected chi connectivity index (χ4v) is 1.63. The van der Waals surface area contributed by atoms with Gasteiger partial charge in [-0.05, 0) is 37.0 Å². The van der Waals surface area contributed by atoms with Gasteiger partial charge in [-0.3, -0.25) is 0 Å². The summed E-state index contributed by atoms with van der Waals surface area (Å²) in [6, 6.07) is 7.94. The summed E-state index contributed by atoms with van der Waals surface area (Å²) in [7, 11) is 0. The predicted octanol–water partition coefficient (Wildman–Crippen LogP) is 3.82. The number of hydrogen-bond acceptors (Lipinski definition) is 1. The average Bonchev–Trinajstić information content (AvgIpc) is 2.21. The first kappa shape index (κ1) is 14.8. The summed E-state index contributed by atoms with van der Waals surface area (Å²) in [6.45, 7) is 4.28. The standard InChI is InChI=1S/C12H18ClN.ClH/c1-3-12(14,4-2)9-10-5-7-11(13)8-6-10;/h5-8H,3-4,9,14H2,1-2H3;1H. The topological polar surface area (TPSA) is 26.0 Å². The van der Waals surface area contributed by atoms with E-state index in [9.17, 15) is 0 Å². The number of halogens is 2. The van der Waals surface area contributed by atoms with Crippen molar-refractivity contribution in [2.24, 2.45) is 5.73 Å². The second kappa shape index (κ2) is 6.37. The van der Waals surface area contributed by atoms with Crippen LogP contribution in [0.4, 0.5) is 0 Å². The smallest absolute Gasteiger partial charge is 0.0406 e. The molecular formula is C12H19Cl2N. The Morgan fingerprint density at radius 1 is 1.13 bits per heavy atom. The summed E-state index contributed by atoms with van der Waals surface area (Å²) in [5.74, 6) is 0. The molecule has 0 amide bonds. The molecule has 3 heteroatoms. The molecule has 1 aromatic carbocycles. The summed E-state index contributed by atoms with van der Waals surface area (Å²) in [6.07, 6.45) is 2.94. The highest BCUT2D eigenvalue weighted by Gasteiger charge is 2.20. The molecule has 0 bridgehead atoms. The first-order valence-corrected chi connectivity index (χ1v) is 5.51. The zero-order chi connectivity index (χ0) is 10.6. The number of benzene rings is 1. The van der Waals surface area contributed by atoms with E-state index in [1.807, 2.05) is 12.1 Å². The number of hydrogen-bond donors (Lipinski definition) is 1. The van der Waals surface area contributed by atoms with Crippen molar-refractivity contribution in [3.63, 3.8) is 0 Å². The van der Waals surface area contributed by atoms with Crippen LogP contribution in [0.3, 0.4) is 0 Å². The van der Waals surface area contributed by atoms with Crippen molar-refractivity contribution < 1.29 is 0 Å². The first-order chi connectivity index (χ1) is 6.59. The van der Waals surface area contributed by atoms with Crippen LogP contribution in [0.25, 0.3) is 0 Å². The van der Waals surface area contributed by atoms with Crippen LogP contribution >= 0.6 is 24.0 Å². The Kier molecular flexibility index (Phi) is 6.26. The van der Waals surface area contributed by atoms with Crippen LogP contribution in [0, 0.1) is 0 Å². The Hall–Kier alpha value is -0.240. The normalized spacial score (nSPS) is 10.9. The lowest BCUT2D eigenvalue weighted by atomic mass is 9.87. The molecule has 1 nitrogen and oxygen atoms in total. The van der Waals surface area contributed by atoms with Crippen LogP contribution in [-0.2, 0) is 6.42 Å². The molecule has 0 saturated heterocycles. The van der Waals surface area contributed by atoms with E-state index in [2.05, 4.69) is 26.0 Å². The van der Waals surface area contributed by atoms with Gasteiger partial charge in [0.15, 0.2) is 0 Å². The monoisotopic (exact) mass is 247 g/mol. The van der Waals surface area contributed by atoms with Crippen LogP contribution in [0.2, 0.25) is 5.02 Å². The SMILES string of the molecule is CCC(N)(CC)Cc1ccc(Cl)cc1.Cl. The van der Waals surface area contributed by atoms with Crippen LogP contribution in [0.1, 0.15) is 32.3 Å². The van der Waals surface area contributed by atoms with E-state index in [4.69, 9.17) is 17.3 Å². The molecule has 15 heavy (non-hydrogen) atoms. The Bertz CT molecular complexity index is 278. The summed E-state index contributed by atoms with van der Waals surface area (Å²) >= 11 is 5.82. The van der Waals surface area contributed by atoms with Gasteiger partial charge in [0.05, 0.1) is 0 Å². The molecule has 1 aromatic rings. The van der Waals surface area contributed by atoms with Crippen molar-refractivity contribution in [1.82, 2.24) is 0 Å². The number of nitrogens with two attached hydrogens (primary N) is 1. The molecule has 0 spiro atoms. The molecule has 0 radical (unpaired) electrons. The minimum atomic E-state index is -0.0617. The van der Waals surface area contributed by atoms with E-state index >= 15 is 0 Å². The Morgan fingerprint density at radius 3 is 2.00 bits per heavy atom. The Morgan fingerprint density at radius 2 is 1.60 bits per heavy atom. The molecule has 0 atom stereocenters. The summed E-state index contributed by atoms with van der Waals surface area (Å²) in [4.78, 5) is 0. The largest absolute Gasteiger partial charge is 0.325 e. The van der Waals surface area contributed by atoms with Crippen LogP contribution in [-0.4, -0.2) is 5.54 Å². The van der Waals surface area contributed by atoms with Crippen LogP contribution in [0.15, 0.2) is 24.3 Å². The van der Waals surface area contributed by atoms with Gasteiger partial charge in [-0.15, -0.1) is 12.4 Å². The highest BCUT2D eigenvalue weighted by atomic mass is 35.5. The maximum absolute atomic E-state index is 6.23. The third-order valence-electron chi connectivity index (χ3n) is 2.88. The maximum Gasteiger partial charge on any atom is 0.0406 e. The molecule has 0 unspecified atom stereocenters. The van der Waals surface area contributed by atoms with Gasteiger partial charge in [0.25, 0.3) is 0 Å². The molecular weight excluding hydrogens is 229 g/mol. The lowest BCUT2D eigenvalue weighted by Crippen LogP contribution is -2.40. The molecule has 0 saturated carbocycles. The van der Waals surface area contributed by atoms with Crippen molar-refractivity contribution in [3.05, 3.63) is 34.9 Å². The average molecular weight is 248 g/mol. The highest BCUT2D eigenvalue weighted by Crippen LogP contribution is 2.19. The van der Waals surface area contributed by atoms with Gasteiger partial charge in [0.1, 0.15) is 0 Å². The predicted molar refractivity (Wildman–Crippen MR) is 69.9 cm³/mol. The fraction of sp³-hybridized carbons (Fsp3) is 0.500. The van der Waals surface area contributed by atoms with Crippen molar-refractivity contribution in [2.75, 3.05) is 0 Å². The molecule has 0 aliphatic rings. The van der Waals surface area contributed by atoms with Gasteiger partial charge in [0, 0.05) is 10.6 Å². The minimum Gasteiger partial charge on any atom is -0.325 e. The third kappa shape index (κ3) is 4.42. The van der Waals surface area contributed by atoms with Gasteiger partial charge in [-0.1, -0.05) is 37.6 Å². The highest BCUT2D eigenvalue weighted by molar-refractivity contribution is 6.30. The van der Waals surface area contributed by atoms with Crippen molar-refractivity contribution in [3.8, 4) is 0 Å². The van der Waals surface area contributed by atoms with Crippen LogP contribution in [0.5, 0.6) is 0 Å². The lowest BCUT2D eigenvalue weighted by Gasteiger charge is -2.26. The second-order valence-corrected chi connectivity index (χ2v) is 4.31. The molecule has 0 fully saturated rings.